The molecule has 1 aromatic heterocycles. The summed E-state index contributed by atoms with van der Waals surface area (Å²) in [6, 6.07) is 26.4. The van der Waals surface area contributed by atoms with Crippen molar-refractivity contribution >= 4 is 0 Å². The van der Waals surface area contributed by atoms with Crippen LogP contribution in [0.5, 0.6) is 0 Å². The van der Waals surface area contributed by atoms with Crippen LogP contribution >= 0.6 is 0 Å². The quantitative estimate of drug-likeness (QED) is 0.739. The number of hydrogen-bond acceptors (Lipinski definition) is 1. The van der Waals surface area contributed by atoms with Crippen LogP contribution in [-0.4, -0.2) is 18.1 Å². The molecular formula is C22H24N2. The summed E-state index contributed by atoms with van der Waals surface area (Å²) in [5.74, 6) is 0.448. The lowest BCUT2D eigenvalue weighted by atomic mass is 9.62. The fraction of sp³-hybridized carbons (Fsp3) is 0.273. The Morgan fingerprint density at radius 2 is 1.62 bits per heavy atom. The molecule has 0 spiro atoms. The molecule has 0 aliphatic carbocycles. The van der Waals surface area contributed by atoms with Crippen LogP contribution < -0.4 is 5.32 Å². The van der Waals surface area contributed by atoms with E-state index in [4.69, 9.17) is 0 Å². The van der Waals surface area contributed by atoms with E-state index in [1.807, 2.05) is 6.20 Å². The zero-order valence-electron chi connectivity index (χ0n) is 13.9. The van der Waals surface area contributed by atoms with Crippen LogP contribution in [0.3, 0.4) is 0 Å². The molecule has 0 radical (unpaired) electrons. The van der Waals surface area contributed by atoms with E-state index in [0.29, 0.717) is 5.92 Å². The zero-order valence-corrected chi connectivity index (χ0v) is 13.9. The molecule has 4 rings (SSSR count). The fourth-order valence-corrected chi connectivity index (χ4v) is 4.29. The molecular weight excluding hydrogens is 292 g/mol. The maximum absolute atomic E-state index is 3.61. The normalized spacial score (nSPS) is 23.9. The van der Waals surface area contributed by atoms with Crippen molar-refractivity contribution in [1.29, 1.82) is 0 Å². The minimum absolute atomic E-state index is 0.124. The molecule has 24 heavy (non-hydrogen) atoms. The van der Waals surface area contributed by atoms with Crippen LogP contribution in [0.25, 0.3) is 0 Å². The first-order valence-electron chi connectivity index (χ1n) is 8.82. The number of rotatable bonds is 4. The Morgan fingerprint density at radius 3 is 2.33 bits per heavy atom. The number of aromatic nitrogens is 1. The van der Waals surface area contributed by atoms with Gasteiger partial charge in [0.25, 0.3) is 0 Å². The zero-order chi connectivity index (χ0) is 16.2. The van der Waals surface area contributed by atoms with Crippen molar-refractivity contribution in [3.63, 3.8) is 0 Å². The van der Waals surface area contributed by atoms with E-state index in [1.165, 1.54) is 16.8 Å². The standard InChI is InChI=1S/C22H24N2/c1-3-8-18(9-4-1)16-22(19-10-5-2-6-11-19)13-15-23-17-20(22)21-12-7-14-24-21/h1-12,14,20,23-24H,13,15-17H2. The second-order valence-corrected chi connectivity index (χ2v) is 6.82. The van der Waals surface area contributed by atoms with Gasteiger partial charge in [-0.05, 0) is 42.6 Å². The van der Waals surface area contributed by atoms with Crippen LogP contribution in [-0.2, 0) is 11.8 Å². The highest BCUT2D eigenvalue weighted by Gasteiger charge is 2.43. The van der Waals surface area contributed by atoms with Gasteiger partial charge in [0.2, 0.25) is 0 Å². The Kier molecular flexibility index (Phi) is 4.22. The molecule has 2 heteroatoms. The number of benzene rings is 2. The molecule has 2 N–H and O–H groups in total. The van der Waals surface area contributed by atoms with Gasteiger partial charge in [0.05, 0.1) is 0 Å². The SMILES string of the molecule is c1ccc(CC2(c3ccccc3)CCNCC2c2ccc[nH]2)cc1. The molecule has 2 heterocycles. The second-order valence-electron chi connectivity index (χ2n) is 6.82. The van der Waals surface area contributed by atoms with Crippen molar-refractivity contribution in [2.75, 3.05) is 13.1 Å². The summed E-state index contributed by atoms with van der Waals surface area (Å²) in [6.07, 6.45) is 4.26. The lowest BCUT2D eigenvalue weighted by molar-refractivity contribution is 0.256. The fourth-order valence-electron chi connectivity index (χ4n) is 4.29. The third kappa shape index (κ3) is 2.78. The summed E-state index contributed by atoms with van der Waals surface area (Å²) in [4.78, 5) is 3.48. The van der Waals surface area contributed by atoms with E-state index in [9.17, 15) is 0 Å². The third-order valence-electron chi connectivity index (χ3n) is 5.47. The van der Waals surface area contributed by atoms with E-state index in [-0.39, 0.29) is 5.41 Å². The summed E-state index contributed by atoms with van der Waals surface area (Å²) < 4.78 is 0. The van der Waals surface area contributed by atoms with Crippen LogP contribution in [0.2, 0.25) is 0 Å². The molecule has 2 unspecified atom stereocenters. The first-order chi connectivity index (χ1) is 11.9. The topological polar surface area (TPSA) is 27.8 Å². The maximum Gasteiger partial charge on any atom is 0.0215 e. The summed E-state index contributed by atoms with van der Waals surface area (Å²) in [6.45, 7) is 2.08. The minimum Gasteiger partial charge on any atom is -0.365 e. The molecule has 1 fully saturated rings. The van der Waals surface area contributed by atoms with Crippen molar-refractivity contribution in [2.24, 2.45) is 0 Å². The monoisotopic (exact) mass is 316 g/mol. The Labute approximate surface area is 143 Å². The van der Waals surface area contributed by atoms with Gasteiger partial charge >= 0.3 is 0 Å². The summed E-state index contributed by atoms with van der Waals surface area (Å²) in [5.41, 5.74) is 4.33. The predicted molar refractivity (Wildman–Crippen MR) is 99.3 cm³/mol. The van der Waals surface area contributed by atoms with Crippen molar-refractivity contribution in [3.8, 4) is 0 Å². The smallest absolute Gasteiger partial charge is 0.0215 e. The maximum atomic E-state index is 3.61. The number of hydrogen-bond donors (Lipinski definition) is 2. The van der Waals surface area contributed by atoms with E-state index in [1.54, 1.807) is 0 Å². The Hall–Kier alpha value is -2.32. The van der Waals surface area contributed by atoms with Gasteiger partial charge in [0.1, 0.15) is 0 Å². The highest BCUT2D eigenvalue weighted by atomic mass is 14.9. The highest BCUT2D eigenvalue weighted by Crippen LogP contribution is 2.45. The summed E-state index contributed by atoms with van der Waals surface area (Å²) in [7, 11) is 0. The van der Waals surface area contributed by atoms with Crippen LogP contribution in [0, 0.1) is 0 Å². The number of piperidine rings is 1. The number of H-pyrrole nitrogens is 1. The average molecular weight is 316 g/mol. The summed E-state index contributed by atoms with van der Waals surface area (Å²) in [5, 5.41) is 3.61. The molecule has 1 aliphatic rings. The molecule has 1 saturated heterocycles. The van der Waals surface area contributed by atoms with E-state index in [2.05, 4.69) is 83.1 Å². The number of nitrogens with one attached hydrogen (secondary N) is 2. The molecule has 3 aromatic rings. The first kappa shape index (κ1) is 15.2. The van der Waals surface area contributed by atoms with Crippen molar-refractivity contribution in [1.82, 2.24) is 10.3 Å². The van der Waals surface area contributed by atoms with Gasteiger partial charge in [0.15, 0.2) is 0 Å². The largest absolute Gasteiger partial charge is 0.365 e. The van der Waals surface area contributed by atoms with Crippen LogP contribution in [0.4, 0.5) is 0 Å². The average Bonchev–Trinajstić information content (AvgIpc) is 3.18. The van der Waals surface area contributed by atoms with Crippen LogP contribution in [0.15, 0.2) is 79.0 Å². The van der Waals surface area contributed by atoms with Crippen molar-refractivity contribution < 1.29 is 0 Å². The Bertz CT molecular complexity index is 749. The Morgan fingerprint density at radius 1 is 0.875 bits per heavy atom. The van der Waals surface area contributed by atoms with Gasteiger partial charge in [-0.3, -0.25) is 0 Å². The van der Waals surface area contributed by atoms with Gasteiger partial charge in [-0.1, -0.05) is 60.7 Å². The van der Waals surface area contributed by atoms with Crippen molar-refractivity contribution in [3.05, 3.63) is 95.8 Å². The van der Waals surface area contributed by atoms with Gasteiger partial charge in [0, 0.05) is 29.8 Å². The molecule has 0 saturated carbocycles. The molecule has 1 aliphatic heterocycles. The van der Waals surface area contributed by atoms with Gasteiger partial charge in [-0.2, -0.15) is 0 Å². The molecule has 0 bridgehead atoms. The van der Waals surface area contributed by atoms with E-state index >= 15 is 0 Å². The van der Waals surface area contributed by atoms with Gasteiger partial charge < -0.3 is 10.3 Å². The minimum atomic E-state index is 0.124. The number of aromatic amines is 1. The lowest BCUT2D eigenvalue weighted by Gasteiger charge is -2.45. The van der Waals surface area contributed by atoms with E-state index < -0.39 is 0 Å². The summed E-state index contributed by atoms with van der Waals surface area (Å²) >= 11 is 0. The van der Waals surface area contributed by atoms with Crippen molar-refractivity contribution in [2.45, 2.75) is 24.2 Å². The Balaban J connectivity index is 1.82. The molecule has 2 atom stereocenters. The second kappa shape index (κ2) is 6.66. The molecule has 2 nitrogen and oxygen atoms in total. The lowest BCUT2D eigenvalue weighted by Crippen LogP contribution is -2.48. The first-order valence-corrected chi connectivity index (χ1v) is 8.82. The molecule has 2 aromatic carbocycles. The third-order valence-corrected chi connectivity index (χ3v) is 5.47. The molecule has 0 amide bonds. The van der Waals surface area contributed by atoms with Crippen LogP contribution in [0.1, 0.15) is 29.2 Å². The van der Waals surface area contributed by atoms with E-state index in [0.717, 1.165) is 25.9 Å². The van der Waals surface area contributed by atoms with Gasteiger partial charge in [-0.25, -0.2) is 0 Å². The molecule has 122 valence electrons. The van der Waals surface area contributed by atoms with Gasteiger partial charge in [-0.15, -0.1) is 0 Å². The highest BCUT2D eigenvalue weighted by molar-refractivity contribution is 5.36. The predicted octanol–water partition coefficient (Wildman–Crippen LogP) is 4.27.